The quantitative estimate of drug-likeness (QED) is 0.596. The fourth-order valence-electron chi connectivity index (χ4n) is 2.83. The van der Waals surface area contributed by atoms with Gasteiger partial charge in [0.05, 0.1) is 18.9 Å². The number of halogens is 2. The maximum absolute atomic E-state index is 13.1. The Kier molecular flexibility index (Phi) is 6.29. The van der Waals surface area contributed by atoms with Gasteiger partial charge < -0.3 is 9.64 Å². The number of morpholine rings is 1. The summed E-state index contributed by atoms with van der Waals surface area (Å²) in [6.45, 7) is 1.84. The summed E-state index contributed by atoms with van der Waals surface area (Å²) in [5.74, 6) is -0.764. The van der Waals surface area contributed by atoms with E-state index in [4.69, 9.17) is 27.9 Å². The van der Waals surface area contributed by atoms with Crippen molar-refractivity contribution in [2.24, 2.45) is 4.99 Å². The fourth-order valence-corrected chi connectivity index (χ4v) is 3.93. The summed E-state index contributed by atoms with van der Waals surface area (Å²) in [4.78, 5) is 31.6. The van der Waals surface area contributed by atoms with Crippen LogP contribution < -0.4 is 4.67 Å². The van der Waals surface area contributed by atoms with Crippen LogP contribution in [0.2, 0.25) is 10.0 Å². The topological polar surface area (TPSA) is 76.8 Å². The predicted octanol–water partition coefficient (Wildman–Crippen LogP) is 3.45. The molecule has 1 fully saturated rings. The van der Waals surface area contributed by atoms with Gasteiger partial charge >= 0.3 is 0 Å². The number of hydrogen-bond donors (Lipinski definition) is 0. The predicted molar refractivity (Wildman–Crippen MR) is 115 cm³/mol. The number of nitrogens with zero attached hydrogens (tertiary/aromatic N) is 4. The third kappa shape index (κ3) is 4.62. The zero-order chi connectivity index (χ0) is 21.1. The van der Waals surface area contributed by atoms with Crippen molar-refractivity contribution in [2.45, 2.75) is 0 Å². The van der Waals surface area contributed by atoms with Gasteiger partial charge in [-0.05, 0) is 60.1 Å². The molecule has 0 spiro atoms. The summed E-state index contributed by atoms with van der Waals surface area (Å²) < 4.78 is 7.11. The van der Waals surface area contributed by atoms with Crippen molar-refractivity contribution >= 4 is 46.5 Å². The number of amides is 2. The molecule has 10 heteroatoms. The summed E-state index contributed by atoms with van der Waals surface area (Å²) in [7, 11) is 0. The Morgan fingerprint density at radius 3 is 2.20 bits per heavy atom. The van der Waals surface area contributed by atoms with E-state index in [2.05, 4.69) is 10.1 Å². The van der Waals surface area contributed by atoms with Gasteiger partial charge in [-0.3, -0.25) is 9.59 Å². The van der Waals surface area contributed by atoms with Gasteiger partial charge in [0.1, 0.15) is 0 Å². The highest BCUT2D eigenvalue weighted by molar-refractivity contribution is 7.04. The molecule has 2 amide bonds. The van der Waals surface area contributed by atoms with Gasteiger partial charge in [0, 0.05) is 28.7 Å². The van der Waals surface area contributed by atoms with E-state index < -0.39 is 5.91 Å². The zero-order valence-corrected chi connectivity index (χ0v) is 18.0. The van der Waals surface area contributed by atoms with Crippen LogP contribution in [0, 0.1) is 0 Å². The van der Waals surface area contributed by atoms with Crippen LogP contribution >= 0.6 is 34.7 Å². The molecule has 0 saturated carbocycles. The molecule has 3 aromatic rings. The van der Waals surface area contributed by atoms with E-state index >= 15 is 0 Å². The maximum atomic E-state index is 13.1. The van der Waals surface area contributed by atoms with Crippen LogP contribution in [0.15, 0.2) is 53.5 Å². The summed E-state index contributed by atoms with van der Waals surface area (Å²) in [6.07, 6.45) is 0. The summed E-state index contributed by atoms with van der Waals surface area (Å²) in [5.41, 5.74) is 1.20. The summed E-state index contributed by atoms with van der Waals surface area (Å²) in [6, 6.07) is 13.4. The average Bonchev–Trinajstić information content (AvgIpc) is 3.18. The van der Waals surface area contributed by atoms with Gasteiger partial charge in [0.25, 0.3) is 11.8 Å². The molecule has 7 nitrogen and oxygen atoms in total. The Bertz CT molecular complexity index is 1130. The van der Waals surface area contributed by atoms with Crippen molar-refractivity contribution in [3.63, 3.8) is 0 Å². The molecule has 0 atom stereocenters. The van der Waals surface area contributed by atoms with Gasteiger partial charge in [-0.25, -0.2) is 0 Å². The molecule has 2 aromatic carbocycles. The number of carbonyl (C=O) groups excluding carboxylic acids is 2. The van der Waals surface area contributed by atoms with E-state index in [1.54, 1.807) is 57.5 Å². The smallest absolute Gasteiger partial charge is 0.278 e. The summed E-state index contributed by atoms with van der Waals surface area (Å²) >= 11 is 13.0. The molecule has 0 N–H and O–H groups in total. The van der Waals surface area contributed by atoms with E-state index in [-0.39, 0.29) is 16.3 Å². The van der Waals surface area contributed by atoms with Gasteiger partial charge in [0.15, 0.2) is 10.4 Å². The normalized spacial score (nSPS) is 14.7. The van der Waals surface area contributed by atoms with E-state index in [0.29, 0.717) is 47.6 Å². The zero-order valence-electron chi connectivity index (χ0n) is 15.6. The minimum Gasteiger partial charge on any atom is -0.378 e. The van der Waals surface area contributed by atoms with Crippen LogP contribution in [0.3, 0.4) is 0 Å². The van der Waals surface area contributed by atoms with Crippen LogP contribution in [0.1, 0.15) is 20.8 Å². The number of carbonyl (C=O) groups is 2. The van der Waals surface area contributed by atoms with Crippen molar-refractivity contribution in [3.05, 3.63) is 74.5 Å². The number of aromatic nitrogens is 2. The van der Waals surface area contributed by atoms with Crippen molar-refractivity contribution < 1.29 is 14.3 Å². The van der Waals surface area contributed by atoms with Crippen LogP contribution in [-0.2, 0) is 4.74 Å². The SMILES string of the molecule is O=C(N=c1sn(-c2ccc(Cl)cc2)nc1C(=O)N1CCOCC1)c1ccc(Cl)cc1. The Labute approximate surface area is 186 Å². The van der Waals surface area contributed by atoms with Gasteiger partial charge in [0.2, 0.25) is 0 Å². The van der Waals surface area contributed by atoms with E-state index in [1.165, 1.54) is 0 Å². The van der Waals surface area contributed by atoms with Crippen LogP contribution in [0.5, 0.6) is 0 Å². The molecule has 30 heavy (non-hydrogen) atoms. The molecule has 1 saturated heterocycles. The Balaban J connectivity index is 1.76. The molecule has 0 aliphatic carbocycles. The lowest BCUT2D eigenvalue weighted by Crippen LogP contribution is -2.42. The lowest BCUT2D eigenvalue weighted by Gasteiger charge is -2.25. The Morgan fingerprint density at radius 2 is 1.57 bits per heavy atom. The largest absolute Gasteiger partial charge is 0.378 e. The van der Waals surface area contributed by atoms with E-state index in [9.17, 15) is 9.59 Å². The fraction of sp³-hybridized carbons (Fsp3) is 0.200. The van der Waals surface area contributed by atoms with E-state index in [0.717, 1.165) is 11.5 Å². The van der Waals surface area contributed by atoms with Crippen LogP contribution in [0.4, 0.5) is 0 Å². The molecule has 0 bridgehead atoms. The highest BCUT2D eigenvalue weighted by atomic mass is 35.5. The number of hydrogen-bond acceptors (Lipinski definition) is 5. The third-order valence-corrected chi connectivity index (χ3v) is 5.84. The van der Waals surface area contributed by atoms with Crippen molar-refractivity contribution in [2.75, 3.05) is 26.3 Å². The Morgan fingerprint density at radius 1 is 0.967 bits per heavy atom. The second-order valence-corrected chi connectivity index (χ2v) is 8.21. The van der Waals surface area contributed by atoms with Crippen molar-refractivity contribution in [1.82, 2.24) is 14.1 Å². The first-order valence-electron chi connectivity index (χ1n) is 9.09. The monoisotopic (exact) mass is 462 g/mol. The van der Waals surface area contributed by atoms with E-state index in [1.807, 2.05) is 0 Å². The average molecular weight is 463 g/mol. The molecule has 1 aromatic heterocycles. The summed E-state index contributed by atoms with van der Waals surface area (Å²) in [5, 5.41) is 5.55. The second kappa shape index (κ2) is 9.09. The van der Waals surface area contributed by atoms with Gasteiger partial charge in [-0.2, -0.15) is 9.06 Å². The minimum absolute atomic E-state index is 0.124. The van der Waals surface area contributed by atoms with Crippen molar-refractivity contribution in [1.29, 1.82) is 0 Å². The molecule has 0 radical (unpaired) electrons. The first kappa shape index (κ1) is 20.7. The standard InChI is InChI=1S/C20H16Cl2N4O3S/c21-14-3-1-13(2-4-14)18(27)23-19-17(20(28)25-9-11-29-12-10-25)24-26(30-19)16-7-5-15(22)6-8-16/h1-8H,9-12H2. The van der Waals surface area contributed by atoms with Crippen molar-refractivity contribution in [3.8, 4) is 5.69 Å². The number of benzene rings is 2. The molecule has 2 heterocycles. The molecular weight excluding hydrogens is 447 g/mol. The lowest BCUT2D eigenvalue weighted by atomic mass is 10.2. The molecule has 1 aliphatic heterocycles. The number of rotatable bonds is 3. The molecule has 154 valence electrons. The second-order valence-electron chi connectivity index (χ2n) is 6.42. The molecular formula is C20H16Cl2N4O3S. The molecule has 0 unspecified atom stereocenters. The lowest BCUT2D eigenvalue weighted by molar-refractivity contribution is 0.0297. The first-order chi connectivity index (χ1) is 14.5. The third-order valence-electron chi connectivity index (χ3n) is 4.41. The highest BCUT2D eigenvalue weighted by Gasteiger charge is 2.24. The highest BCUT2D eigenvalue weighted by Crippen LogP contribution is 2.15. The van der Waals surface area contributed by atoms with Crippen LogP contribution in [0.25, 0.3) is 5.69 Å². The first-order valence-corrected chi connectivity index (χ1v) is 10.6. The van der Waals surface area contributed by atoms with Gasteiger partial charge in [-0.15, -0.1) is 5.10 Å². The van der Waals surface area contributed by atoms with Crippen LogP contribution in [-0.4, -0.2) is 52.2 Å². The minimum atomic E-state index is -0.477. The Hall–Kier alpha value is -2.52. The maximum Gasteiger partial charge on any atom is 0.278 e. The molecule has 4 rings (SSSR count). The van der Waals surface area contributed by atoms with Gasteiger partial charge in [-0.1, -0.05) is 23.2 Å². The number of ether oxygens (including phenoxy) is 1. The molecule has 1 aliphatic rings.